The molecule has 0 aliphatic carbocycles. The third-order valence-corrected chi connectivity index (χ3v) is 4.90. The highest BCUT2D eigenvalue weighted by atomic mass is 35.5. The summed E-state index contributed by atoms with van der Waals surface area (Å²) in [6, 6.07) is 12.4. The maximum absolute atomic E-state index is 12.9. The number of halogens is 1. The highest BCUT2D eigenvalue weighted by Crippen LogP contribution is 2.27. The van der Waals surface area contributed by atoms with Crippen molar-refractivity contribution in [3.05, 3.63) is 64.2 Å². The average molecular weight is 357 g/mol. The van der Waals surface area contributed by atoms with Crippen LogP contribution >= 0.6 is 11.6 Å². The Balaban J connectivity index is 1.81. The number of hydrogen-bond acceptors (Lipinski definition) is 2. The molecule has 0 N–H and O–H groups in total. The van der Waals surface area contributed by atoms with Crippen LogP contribution in [-0.4, -0.2) is 35.8 Å². The largest absolute Gasteiger partial charge is 0.325 e. The van der Waals surface area contributed by atoms with Gasteiger partial charge >= 0.3 is 0 Å². The zero-order chi connectivity index (χ0) is 18.1. The molecule has 2 aromatic rings. The minimum absolute atomic E-state index is 0.0721. The average Bonchev–Trinajstić information content (AvgIpc) is 2.58. The molecule has 25 heavy (non-hydrogen) atoms. The van der Waals surface area contributed by atoms with E-state index in [0.717, 1.165) is 16.8 Å². The molecular formula is C20H21ClN2O2. The number of anilines is 1. The highest BCUT2D eigenvalue weighted by Gasteiger charge is 2.35. The predicted molar refractivity (Wildman–Crippen MR) is 100 cm³/mol. The number of rotatable bonds is 2. The van der Waals surface area contributed by atoms with E-state index in [4.69, 9.17) is 11.6 Å². The van der Waals surface area contributed by atoms with Gasteiger partial charge in [-0.15, -0.1) is 0 Å². The van der Waals surface area contributed by atoms with Crippen LogP contribution in [0.2, 0.25) is 5.02 Å². The summed E-state index contributed by atoms with van der Waals surface area (Å²) in [5, 5.41) is 0.648. The first-order valence-electron chi connectivity index (χ1n) is 8.33. The molecular weight excluding hydrogens is 336 g/mol. The minimum atomic E-state index is -0.502. The molecule has 2 aromatic carbocycles. The second kappa shape index (κ2) is 6.89. The molecule has 0 saturated carbocycles. The zero-order valence-electron chi connectivity index (χ0n) is 14.6. The topological polar surface area (TPSA) is 40.6 Å². The van der Waals surface area contributed by atoms with Crippen LogP contribution < -0.4 is 4.90 Å². The van der Waals surface area contributed by atoms with E-state index in [1.165, 1.54) is 0 Å². The van der Waals surface area contributed by atoms with Crippen LogP contribution in [0, 0.1) is 13.8 Å². The Morgan fingerprint density at radius 1 is 1.08 bits per heavy atom. The van der Waals surface area contributed by atoms with Gasteiger partial charge in [-0.3, -0.25) is 9.59 Å². The highest BCUT2D eigenvalue weighted by molar-refractivity contribution is 6.30. The van der Waals surface area contributed by atoms with Crippen LogP contribution in [0.25, 0.3) is 0 Å². The van der Waals surface area contributed by atoms with Crippen molar-refractivity contribution in [2.24, 2.45) is 0 Å². The van der Waals surface area contributed by atoms with Crippen molar-refractivity contribution in [2.75, 3.05) is 18.0 Å². The lowest BCUT2D eigenvalue weighted by molar-refractivity contribution is -0.124. The summed E-state index contributed by atoms with van der Waals surface area (Å²) in [7, 11) is 0. The predicted octanol–water partition coefficient (Wildman–Crippen LogP) is 3.83. The van der Waals surface area contributed by atoms with Crippen LogP contribution in [0.15, 0.2) is 42.5 Å². The minimum Gasteiger partial charge on any atom is -0.325 e. The van der Waals surface area contributed by atoms with E-state index in [0.29, 0.717) is 23.7 Å². The Morgan fingerprint density at radius 2 is 1.76 bits per heavy atom. The van der Waals surface area contributed by atoms with E-state index in [-0.39, 0.29) is 11.8 Å². The summed E-state index contributed by atoms with van der Waals surface area (Å²) in [5.74, 6) is -0.175. The molecule has 1 aliphatic rings. The van der Waals surface area contributed by atoms with Gasteiger partial charge in [0.25, 0.3) is 5.91 Å². The van der Waals surface area contributed by atoms with E-state index in [9.17, 15) is 9.59 Å². The number of aryl methyl sites for hydroxylation is 2. The Hall–Kier alpha value is -2.33. The van der Waals surface area contributed by atoms with Gasteiger partial charge in [-0.05, 0) is 56.7 Å². The van der Waals surface area contributed by atoms with Crippen LogP contribution in [0.3, 0.4) is 0 Å². The fourth-order valence-electron chi connectivity index (χ4n) is 3.17. The zero-order valence-corrected chi connectivity index (χ0v) is 15.4. The maximum Gasteiger partial charge on any atom is 0.254 e. The van der Waals surface area contributed by atoms with Gasteiger partial charge in [0.1, 0.15) is 6.04 Å². The van der Waals surface area contributed by atoms with Gasteiger partial charge in [0.15, 0.2) is 0 Å². The van der Waals surface area contributed by atoms with Gasteiger partial charge in [0.2, 0.25) is 5.91 Å². The first kappa shape index (κ1) is 17.5. The number of amides is 2. The third-order valence-electron chi connectivity index (χ3n) is 4.66. The van der Waals surface area contributed by atoms with Crippen LogP contribution in [0.5, 0.6) is 0 Å². The summed E-state index contributed by atoms with van der Waals surface area (Å²) in [6.45, 7) is 6.67. The summed E-state index contributed by atoms with van der Waals surface area (Å²) >= 11 is 6.01. The van der Waals surface area contributed by atoms with Crippen molar-refractivity contribution in [1.29, 1.82) is 0 Å². The molecule has 130 valence electrons. The smallest absolute Gasteiger partial charge is 0.254 e. The van der Waals surface area contributed by atoms with Crippen molar-refractivity contribution >= 4 is 29.1 Å². The number of carbonyl (C=O) groups is 2. The van der Waals surface area contributed by atoms with E-state index in [2.05, 4.69) is 0 Å². The number of benzene rings is 2. The standard InChI is InChI=1S/C20H21ClN2O2/c1-13-4-6-16(7-5-13)20(25)22-10-11-23(19(24)15(22)3)18-9-8-17(21)12-14(18)2/h4-9,12,15H,10-11H2,1-3H3/t15-/m0/s1. The molecule has 0 spiro atoms. The fourth-order valence-corrected chi connectivity index (χ4v) is 3.40. The second-order valence-electron chi connectivity index (χ2n) is 6.46. The molecule has 3 rings (SSSR count). The molecule has 1 saturated heterocycles. The quantitative estimate of drug-likeness (QED) is 0.820. The molecule has 0 radical (unpaired) electrons. The lowest BCUT2D eigenvalue weighted by Gasteiger charge is -2.39. The van der Waals surface area contributed by atoms with Crippen molar-refractivity contribution in [2.45, 2.75) is 26.8 Å². The first-order valence-corrected chi connectivity index (χ1v) is 8.71. The van der Waals surface area contributed by atoms with Gasteiger partial charge < -0.3 is 9.80 Å². The second-order valence-corrected chi connectivity index (χ2v) is 6.90. The molecule has 1 aliphatic heterocycles. The van der Waals surface area contributed by atoms with Gasteiger partial charge in [-0.25, -0.2) is 0 Å². The lowest BCUT2D eigenvalue weighted by Crippen LogP contribution is -2.57. The van der Waals surface area contributed by atoms with Gasteiger partial charge in [0.05, 0.1) is 0 Å². The van der Waals surface area contributed by atoms with Crippen molar-refractivity contribution in [1.82, 2.24) is 4.90 Å². The molecule has 0 aromatic heterocycles. The van der Waals surface area contributed by atoms with E-state index in [1.807, 2.05) is 50.2 Å². The number of carbonyl (C=O) groups excluding carboxylic acids is 2. The molecule has 5 heteroatoms. The summed E-state index contributed by atoms with van der Waals surface area (Å²) in [6.07, 6.45) is 0. The third kappa shape index (κ3) is 3.40. The number of hydrogen-bond donors (Lipinski definition) is 0. The van der Waals surface area contributed by atoms with Gasteiger partial charge in [0, 0.05) is 29.4 Å². The SMILES string of the molecule is Cc1ccc(C(=O)N2CCN(c3ccc(Cl)cc3C)C(=O)[C@@H]2C)cc1. The fraction of sp³-hybridized carbons (Fsp3) is 0.300. The lowest BCUT2D eigenvalue weighted by atomic mass is 10.1. The summed E-state index contributed by atoms with van der Waals surface area (Å²) in [4.78, 5) is 29.0. The van der Waals surface area contributed by atoms with Crippen LogP contribution in [-0.2, 0) is 4.79 Å². The monoisotopic (exact) mass is 356 g/mol. The van der Waals surface area contributed by atoms with E-state index >= 15 is 0 Å². The number of piperazine rings is 1. The Bertz CT molecular complexity index is 817. The first-order chi connectivity index (χ1) is 11.9. The van der Waals surface area contributed by atoms with Crippen molar-refractivity contribution in [3.63, 3.8) is 0 Å². The van der Waals surface area contributed by atoms with Crippen molar-refractivity contribution < 1.29 is 9.59 Å². The Labute approximate surface area is 153 Å². The molecule has 2 amide bonds. The summed E-state index contributed by atoms with van der Waals surface area (Å²) in [5.41, 5.74) is 3.51. The van der Waals surface area contributed by atoms with Gasteiger partial charge in [-0.1, -0.05) is 29.3 Å². The van der Waals surface area contributed by atoms with Gasteiger partial charge in [-0.2, -0.15) is 0 Å². The van der Waals surface area contributed by atoms with E-state index in [1.54, 1.807) is 22.8 Å². The van der Waals surface area contributed by atoms with Crippen molar-refractivity contribution in [3.8, 4) is 0 Å². The molecule has 1 atom stereocenters. The van der Waals surface area contributed by atoms with E-state index < -0.39 is 6.04 Å². The maximum atomic E-state index is 12.9. The Kier molecular flexibility index (Phi) is 4.82. The Morgan fingerprint density at radius 3 is 2.40 bits per heavy atom. The van der Waals surface area contributed by atoms with Crippen LogP contribution in [0.1, 0.15) is 28.4 Å². The molecule has 1 fully saturated rings. The summed E-state index contributed by atoms with van der Waals surface area (Å²) < 4.78 is 0. The molecule has 0 bridgehead atoms. The molecule has 4 nitrogen and oxygen atoms in total. The van der Waals surface area contributed by atoms with Crippen LogP contribution in [0.4, 0.5) is 5.69 Å². The number of nitrogens with zero attached hydrogens (tertiary/aromatic N) is 2. The molecule has 0 unspecified atom stereocenters. The normalized spacial score (nSPS) is 17.8. The molecule has 1 heterocycles.